The van der Waals surface area contributed by atoms with Gasteiger partial charge in [0.15, 0.2) is 0 Å². The second-order valence-corrected chi connectivity index (χ2v) is 5.49. The first kappa shape index (κ1) is 17.0. The second kappa shape index (κ2) is 7.11. The van der Waals surface area contributed by atoms with Crippen LogP contribution in [0.25, 0.3) is 0 Å². The van der Waals surface area contributed by atoms with E-state index in [4.69, 9.17) is 40.5 Å². The molecule has 0 saturated heterocycles. The molecule has 0 unspecified atom stereocenters. The Morgan fingerprint density at radius 3 is 2.55 bits per heavy atom. The van der Waals surface area contributed by atoms with Crippen LogP contribution in [-0.2, 0) is 0 Å². The lowest BCUT2D eigenvalue weighted by Crippen LogP contribution is -2.29. The smallest absolute Gasteiger partial charge is 0.337 e. The molecule has 1 aromatic rings. The number of halogens is 3. The number of nitrogens with zero attached hydrogens (tertiary/aromatic N) is 1. The van der Waals surface area contributed by atoms with E-state index in [0.717, 1.165) is 12.1 Å². The summed E-state index contributed by atoms with van der Waals surface area (Å²) in [6.45, 7) is 5.89. The monoisotopic (exact) mass is 337 g/mol. The van der Waals surface area contributed by atoms with Crippen molar-refractivity contribution >= 4 is 52.1 Å². The fraction of sp³-hybridized carbons (Fsp3) is 0.417. The van der Waals surface area contributed by atoms with Gasteiger partial charge < -0.3 is 5.73 Å². The minimum Gasteiger partial charge on any atom is -0.396 e. The van der Waals surface area contributed by atoms with E-state index in [9.17, 15) is 4.79 Å². The molecular formula is C12H16Cl3N4O+. The number of carbonyl (C=O) groups excluding carboxylic acids is 1. The average molecular weight is 339 g/mol. The van der Waals surface area contributed by atoms with E-state index < -0.39 is 5.91 Å². The number of carbonyl (C=O) groups is 1. The lowest BCUT2D eigenvalue weighted by molar-refractivity contribution is -0.379. The van der Waals surface area contributed by atoms with Crippen LogP contribution in [0.2, 0.25) is 15.2 Å². The van der Waals surface area contributed by atoms with E-state index >= 15 is 0 Å². The molecule has 20 heavy (non-hydrogen) atoms. The molecule has 0 saturated carbocycles. The number of H-pyrrole nitrogens is 1. The van der Waals surface area contributed by atoms with Crippen LogP contribution < -0.4 is 16.1 Å². The van der Waals surface area contributed by atoms with E-state index in [1.807, 2.05) is 20.8 Å². The van der Waals surface area contributed by atoms with E-state index in [2.05, 4.69) is 15.5 Å². The molecule has 0 spiro atoms. The fourth-order valence-corrected chi connectivity index (χ4v) is 1.94. The van der Waals surface area contributed by atoms with Crippen molar-refractivity contribution in [3.8, 4) is 0 Å². The molecule has 1 amide bonds. The van der Waals surface area contributed by atoms with Gasteiger partial charge in [-0.05, 0) is 30.9 Å². The summed E-state index contributed by atoms with van der Waals surface area (Å²) >= 11 is 17.6. The van der Waals surface area contributed by atoms with Crippen molar-refractivity contribution in [3.63, 3.8) is 0 Å². The molecule has 5 nitrogen and oxygen atoms in total. The van der Waals surface area contributed by atoms with Crippen molar-refractivity contribution in [1.29, 1.82) is 0 Å². The number of rotatable bonds is 4. The average Bonchev–Trinajstić information content (AvgIpc) is 2.44. The first-order valence-corrected chi connectivity index (χ1v) is 7.12. The maximum absolute atomic E-state index is 12.0. The van der Waals surface area contributed by atoms with Gasteiger partial charge in [0.05, 0.1) is 5.69 Å². The van der Waals surface area contributed by atoms with Crippen LogP contribution in [-0.4, -0.2) is 11.6 Å². The van der Waals surface area contributed by atoms with Crippen LogP contribution in [0.4, 0.5) is 5.69 Å². The van der Waals surface area contributed by atoms with E-state index in [1.54, 1.807) is 0 Å². The number of nitrogens with one attached hydrogen (secondary N) is 2. The van der Waals surface area contributed by atoms with Crippen LogP contribution in [0.5, 0.6) is 0 Å². The van der Waals surface area contributed by atoms with Crippen LogP contribution in [0.1, 0.15) is 37.7 Å². The number of nitrogen functional groups attached to an aromatic ring is 1. The number of nitrogens with two attached hydrogens (primary N) is 1. The third kappa shape index (κ3) is 3.75. The van der Waals surface area contributed by atoms with Crippen LogP contribution in [0.3, 0.4) is 0 Å². The quantitative estimate of drug-likeness (QED) is 0.502. The maximum atomic E-state index is 12.0. The summed E-state index contributed by atoms with van der Waals surface area (Å²) in [5, 5.41) is 4.14. The Balaban J connectivity index is 3.00. The largest absolute Gasteiger partial charge is 0.396 e. The summed E-state index contributed by atoms with van der Waals surface area (Å²) < 4.78 is 0. The summed E-state index contributed by atoms with van der Waals surface area (Å²) in [5.74, 6) is -0.267. The van der Waals surface area contributed by atoms with Gasteiger partial charge >= 0.3 is 5.91 Å². The van der Waals surface area contributed by atoms with Gasteiger partial charge in [0, 0.05) is 5.71 Å². The predicted octanol–water partition coefficient (Wildman–Crippen LogP) is 3.19. The number of hydrazone groups is 1. The highest BCUT2D eigenvalue weighted by Gasteiger charge is 2.26. The van der Waals surface area contributed by atoms with Crippen molar-refractivity contribution in [2.45, 2.75) is 27.2 Å². The van der Waals surface area contributed by atoms with Crippen molar-refractivity contribution in [2.24, 2.45) is 11.0 Å². The van der Waals surface area contributed by atoms with Crippen molar-refractivity contribution in [1.82, 2.24) is 5.43 Å². The van der Waals surface area contributed by atoms with Gasteiger partial charge in [0.2, 0.25) is 0 Å². The van der Waals surface area contributed by atoms with Gasteiger partial charge in [0.1, 0.15) is 10.0 Å². The lowest BCUT2D eigenvalue weighted by Gasteiger charge is -2.07. The van der Waals surface area contributed by atoms with Crippen LogP contribution in [0, 0.1) is 5.92 Å². The lowest BCUT2D eigenvalue weighted by atomic mass is 10.1. The fourth-order valence-electron chi connectivity index (χ4n) is 1.33. The molecule has 4 N–H and O–H groups in total. The highest BCUT2D eigenvalue weighted by molar-refractivity contribution is 6.45. The van der Waals surface area contributed by atoms with E-state index in [-0.39, 0.29) is 32.5 Å². The predicted molar refractivity (Wildman–Crippen MR) is 82.5 cm³/mol. The number of amides is 1. The van der Waals surface area contributed by atoms with E-state index in [0.29, 0.717) is 0 Å². The molecule has 0 bridgehead atoms. The number of pyridine rings is 1. The minimum atomic E-state index is -0.539. The first-order valence-electron chi connectivity index (χ1n) is 5.99. The van der Waals surface area contributed by atoms with Gasteiger partial charge in [-0.2, -0.15) is 10.1 Å². The molecule has 1 atom stereocenters. The molecule has 0 radical (unpaired) electrons. The highest BCUT2D eigenvalue weighted by Crippen LogP contribution is 2.31. The van der Waals surface area contributed by atoms with Gasteiger partial charge in [-0.25, -0.2) is 5.43 Å². The number of anilines is 1. The number of hydrogen-bond acceptors (Lipinski definition) is 3. The van der Waals surface area contributed by atoms with Gasteiger partial charge in [-0.3, -0.25) is 4.79 Å². The third-order valence-corrected chi connectivity index (χ3v) is 4.17. The van der Waals surface area contributed by atoms with Gasteiger partial charge in [-0.15, -0.1) is 0 Å². The number of hydrogen-bond donors (Lipinski definition) is 2. The molecule has 0 aliphatic heterocycles. The molecule has 0 aliphatic rings. The Hall–Kier alpha value is -1.04. The van der Waals surface area contributed by atoms with Crippen LogP contribution >= 0.6 is 34.8 Å². The zero-order valence-corrected chi connectivity index (χ0v) is 13.6. The molecule has 1 rings (SSSR count). The number of aromatic nitrogens is 1. The highest BCUT2D eigenvalue weighted by atomic mass is 35.5. The molecule has 0 aliphatic carbocycles. The Bertz CT molecular complexity index is 560. The van der Waals surface area contributed by atoms with Crippen LogP contribution in [0.15, 0.2) is 5.10 Å². The van der Waals surface area contributed by atoms with Crippen molar-refractivity contribution in [3.05, 3.63) is 20.9 Å². The molecule has 1 aromatic heterocycles. The zero-order chi connectivity index (χ0) is 15.4. The summed E-state index contributed by atoms with van der Waals surface area (Å²) in [6.07, 6.45) is 0.928. The third-order valence-electron chi connectivity index (χ3n) is 3.01. The SMILES string of the molecule is CC[C@@H](C)/C(C)=N/NC(=O)c1[nH+]c(Cl)c(Cl)c(N)c1Cl. The zero-order valence-electron chi connectivity index (χ0n) is 11.4. The number of aromatic amines is 1. The summed E-state index contributed by atoms with van der Waals surface area (Å²) in [7, 11) is 0. The Kier molecular flexibility index (Phi) is 6.05. The normalized spacial score (nSPS) is 13.2. The molecule has 1 heterocycles. The standard InChI is InChI=1S/C12H15Cl3N4O/c1-4-5(2)6(3)18-19-12(20)10-7(13)9(16)8(14)11(15)17-10/h5H,4H2,1-3H3,(H2,16,17)(H,19,20)/p+1/b18-6+/t5-/m1/s1. The second-order valence-electron chi connectivity index (χ2n) is 4.36. The van der Waals surface area contributed by atoms with E-state index in [1.165, 1.54) is 0 Å². The maximum Gasteiger partial charge on any atom is 0.337 e. The molecule has 8 heteroatoms. The first-order chi connectivity index (χ1) is 9.29. The summed E-state index contributed by atoms with van der Waals surface area (Å²) in [4.78, 5) is 14.6. The Labute approximate surface area is 132 Å². The summed E-state index contributed by atoms with van der Waals surface area (Å²) in [6, 6.07) is 0. The summed E-state index contributed by atoms with van der Waals surface area (Å²) in [5.41, 5.74) is 8.94. The minimum absolute atomic E-state index is 0.00768. The van der Waals surface area contributed by atoms with Crippen molar-refractivity contribution < 1.29 is 9.78 Å². The van der Waals surface area contributed by atoms with Gasteiger partial charge in [0.25, 0.3) is 10.8 Å². The molecule has 0 fully saturated rings. The van der Waals surface area contributed by atoms with Crippen molar-refractivity contribution in [2.75, 3.05) is 5.73 Å². The van der Waals surface area contributed by atoms with Gasteiger partial charge in [-0.1, -0.05) is 37.0 Å². The molecule has 110 valence electrons. The molecule has 0 aromatic carbocycles. The Morgan fingerprint density at radius 2 is 2.00 bits per heavy atom. The Morgan fingerprint density at radius 1 is 1.40 bits per heavy atom. The topological polar surface area (TPSA) is 81.6 Å². The molecular weight excluding hydrogens is 323 g/mol.